The maximum absolute atomic E-state index is 11.4. The summed E-state index contributed by atoms with van der Waals surface area (Å²) in [5.74, 6) is -0.396. The van der Waals surface area contributed by atoms with E-state index < -0.39 is 0 Å². The largest absolute Gasteiger partial charge is 0.325 e. The number of halogens is 1. The first-order chi connectivity index (χ1) is 7.19. The Morgan fingerprint density at radius 2 is 2.00 bits per heavy atom. The molecule has 80 valence electrons. The lowest BCUT2D eigenvalue weighted by atomic mass is 10.1. The van der Waals surface area contributed by atoms with Crippen LogP contribution in [0.3, 0.4) is 0 Å². The van der Waals surface area contributed by atoms with Gasteiger partial charge in [-0.1, -0.05) is 28.1 Å². The standard InChI is InChI=1S/C10H11BrN2O2/c11-5-10(15)13-8-4-2-1-3-7(8)9(14)6-12/h1-4H,5-6,12H2,(H,13,15). The topological polar surface area (TPSA) is 72.2 Å². The van der Waals surface area contributed by atoms with Crippen molar-refractivity contribution in [3.63, 3.8) is 0 Å². The van der Waals surface area contributed by atoms with E-state index in [0.717, 1.165) is 0 Å². The molecule has 0 unspecified atom stereocenters. The number of Topliss-reactive ketones (excluding diaryl/α,β-unsaturated/α-hetero) is 1. The van der Waals surface area contributed by atoms with Crippen molar-refractivity contribution < 1.29 is 9.59 Å². The lowest BCUT2D eigenvalue weighted by Crippen LogP contribution is -2.19. The van der Waals surface area contributed by atoms with Crippen molar-refractivity contribution in [2.24, 2.45) is 5.73 Å². The highest BCUT2D eigenvalue weighted by molar-refractivity contribution is 9.09. The second-order valence-corrected chi connectivity index (χ2v) is 3.42. The van der Waals surface area contributed by atoms with E-state index in [-0.39, 0.29) is 23.6 Å². The number of ketones is 1. The van der Waals surface area contributed by atoms with Crippen molar-refractivity contribution in [2.75, 3.05) is 17.2 Å². The molecule has 3 N–H and O–H groups in total. The van der Waals surface area contributed by atoms with Gasteiger partial charge in [0, 0.05) is 5.56 Å². The van der Waals surface area contributed by atoms with Gasteiger partial charge in [-0.2, -0.15) is 0 Å². The number of hydrogen-bond donors (Lipinski definition) is 2. The van der Waals surface area contributed by atoms with Crippen LogP contribution in [0.15, 0.2) is 24.3 Å². The van der Waals surface area contributed by atoms with Gasteiger partial charge in [-0.15, -0.1) is 0 Å². The molecule has 0 saturated carbocycles. The maximum Gasteiger partial charge on any atom is 0.235 e. The summed E-state index contributed by atoms with van der Waals surface area (Å²) < 4.78 is 0. The molecule has 0 heterocycles. The van der Waals surface area contributed by atoms with Crippen LogP contribution in [0.4, 0.5) is 5.69 Å². The minimum atomic E-state index is -0.202. The fraction of sp³-hybridized carbons (Fsp3) is 0.200. The van der Waals surface area contributed by atoms with Crippen LogP contribution >= 0.6 is 15.9 Å². The smallest absolute Gasteiger partial charge is 0.235 e. The number of para-hydroxylation sites is 1. The van der Waals surface area contributed by atoms with Gasteiger partial charge in [-0.3, -0.25) is 9.59 Å². The number of nitrogens with one attached hydrogen (secondary N) is 1. The van der Waals surface area contributed by atoms with E-state index in [0.29, 0.717) is 11.3 Å². The second-order valence-electron chi connectivity index (χ2n) is 2.85. The Kier molecular flexibility index (Phi) is 4.45. The van der Waals surface area contributed by atoms with Crippen molar-refractivity contribution in [2.45, 2.75) is 0 Å². The minimum Gasteiger partial charge on any atom is -0.325 e. The number of amides is 1. The average Bonchev–Trinajstić information content (AvgIpc) is 2.28. The molecule has 0 aliphatic heterocycles. The van der Waals surface area contributed by atoms with Crippen molar-refractivity contribution in [1.29, 1.82) is 0 Å². The molecule has 0 aliphatic carbocycles. The summed E-state index contributed by atoms with van der Waals surface area (Å²) in [6, 6.07) is 6.78. The Bertz CT molecular complexity index is 379. The molecule has 1 aromatic carbocycles. The lowest BCUT2D eigenvalue weighted by molar-refractivity contribution is -0.113. The summed E-state index contributed by atoms with van der Waals surface area (Å²) in [7, 11) is 0. The highest BCUT2D eigenvalue weighted by Crippen LogP contribution is 2.15. The Morgan fingerprint density at radius 3 is 2.60 bits per heavy atom. The summed E-state index contributed by atoms with van der Waals surface area (Å²) in [5, 5.41) is 2.81. The predicted molar refractivity (Wildman–Crippen MR) is 62.3 cm³/mol. The van der Waals surface area contributed by atoms with Crippen LogP contribution < -0.4 is 11.1 Å². The first-order valence-corrected chi connectivity index (χ1v) is 5.49. The molecule has 1 amide bonds. The quantitative estimate of drug-likeness (QED) is 0.637. The number of anilines is 1. The molecule has 0 aromatic heterocycles. The van der Waals surface area contributed by atoms with E-state index >= 15 is 0 Å². The van der Waals surface area contributed by atoms with Crippen molar-refractivity contribution in [3.8, 4) is 0 Å². The zero-order valence-corrected chi connectivity index (χ0v) is 9.58. The van der Waals surface area contributed by atoms with Crippen LogP contribution in [0.1, 0.15) is 10.4 Å². The van der Waals surface area contributed by atoms with E-state index in [2.05, 4.69) is 21.2 Å². The molecule has 0 spiro atoms. The monoisotopic (exact) mass is 270 g/mol. The number of carbonyl (C=O) groups is 2. The number of nitrogens with two attached hydrogens (primary N) is 1. The van der Waals surface area contributed by atoms with Crippen LogP contribution in [0.25, 0.3) is 0 Å². The first kappa shape index (κ1) is 11.9. The van der Waals surface area contributed by atoms with Gasteiger partial charge in [0.1, 0.15) is 0 Å². The van der Waals surface area contributed by atoms with E-state index in [9.17, 15) is 9.59 Å². The molecule has 15 heavy (non-hydrogen) atoms. The third-order valence-corrected chi connectivity index (χ3v) is 2.32. The summed E-state index contributed by atoms with van der Waals surface area (Å²) >= 11 is 3.03. The predicted octanol–water partition coefficient (Wildman–Crippen LogP) is 1.16. The van der Waals surface area contributed by atoms with Gasteiger partial charge in [0.05, 0.1) is 17.6 Å². The van der Waals surface area contributed by atoms with E-state index in [4.69, 9.17) is 5.73 Å². The van der Waals surface area contributed by atoms with Crippen LogP contribution in [0, 0.1) is 0 Å². The van der Waals surface area contributed by atoms with Gasteiger partial charge in [0.25, 0.3) is 0 Å². The van der Waals surface area contributed by atoms with Crippen molar-refractivity contribution in [3.05, 3.63) is 29.8 Å². The molecule has 0 bridgehead atoms. The number of hydrogen-bond acceptors (Lipinski definition) is 3. The zero-order chi connectivity index (χ0) is 11.3. The summed E-state index contributed by atoms with van der Waals surface area (Å²) in [6.45, 7) is -0.0683. The number of alkyl halides is 1. The molecule has 0 atom stereocenters. The summed E-state index contributed by atoms with van der Waals surface area (Å²) in [4.78, 5) is 22.6. The Labute approximate surface area is 96.0 Å². The molecule has 1 rings (SSSR count). The first-order valence-electron chi connectivity index (χ1n) is 4.37. The Balaban J connectivity index is 2.96. The molecular formula is C10H11BrN2O2. The minimum absolute atomic E-state index is 0.0683. The normalized spacial score (nSPS) is 9.73. The fourth-order valence-corrected chi connectivity index (χ4v) is 1.27. The highest BCUT2D eigenvalue weighted by Gasteiger charge is 2.10. The fourth-order valence-electron chi connectivity index (χ4n) is 1.13. The molecule has 0 saturated heterocycles. The van der Waals surface area contributed by atoms with E-state index in [1.807, 2.05) is 0 Å². The number of carbonyl (C=O) groups excluding carboxylic acids is 2. The van der Waals surface area contributed by atoms with Crippen LogP contribution in [-0.2, 0) is 4.79 Å². The van der Waals surface area contributed by atoms with Gasteiger partial charge in [-0.05, 0) is 12.1 Å². The maximum atomic E-state index is 11.4. The van der Waals surface area contributed by atoms with Gasteiger partial charge < -0.3 is 11.1 Å². The molecule has 5 heteroatoms. The lowest BCUT2D eigenvalue weighted by Gasteiger charge is -2.07. The molecule has 0 fully saturated rings. The Hall–Kier alpha value is -1.20. The van der Waals surface area contributed by atoms with E-state index in [1.165, 1.54) is 0 Å². The Morgan fingerprint density at radius 1 is 1.33 bits per heavy atom. The summed E-state index contributed by atoms with van der Waals surface area (Å²) in [5.41, 5.74) is 6.20. The third-order valence-electron chi connectivity index (χ3n) is 1.81. The average molecular weight is 271 g/mol. The number of rotatable bonds is 4. The third kappa shape index (κ3) is 3.14. The van der Waals surface area contributed by atoms with Crippen LogP contribution in [-0.4, -0.2) is 23.6 Å². The van der Waals surface area contributed by atoms with Crippen LogP contribution in [0.2, 0.25) is 0 Å². The van der Waals surface area contributed by atoms with Crippen molar-refractivity contribution in [1.82, 2.24) is 0 Å². The molecule has 0 aliphatic rings. The highest BCUT2D eigenvalue weighted by atomic mass is 79.9. The van der Waals surface area contributed by atoms with E-state index in [1.54, 1.807) is 24.3 Å². The summed E-state index contributed by atoms with van der Waals surface area (Å²) in [6.07, 6.45) is 0. The molecular weight excluding hydrogens is 260 g/mol. The van der Waals surface area contributed by atoms with Gasteiger partial charge >= 0.3 is 0 Å². The SMILES string of the molecule is NCC(=O)c1ccccc1NC(=O)CBr. The molecule has 4 nitrogen and oxygen atoms in total. The van der Waals surface area contributed by atoms with Gasteiger partial charge in [0.2, 0.25) is 5.91 Å². The molecule has 0 radical (unpaired) electrons. The second kappa shape index (κ2) is 5.63. The van der Waals surface area contributed by atoms with Gasteiger partial charge in [0.15, 0.2) is 5.78 Å². The number of benzene rings is 1. The van der Waals surface area contributed by atoms with Gasteiger partial charge in [-0.25, -0.2) is 0 Å². The zero-order valence-electron chi connectivity index (χ0n) is 8.00. The molecule has 1 aromatic rings. The van der Waals surface area contributed by atoms with Crippen LogP contribution in [0.5, 0.6) is 0 Å². The van der Waals surface area contributed by atoms with Crippen molar-refractivity contribution >= 4 is 33.3 Å².